The lowest BCUT2D eigenvalue weighted by atomic mass is 10.1. The zero-order chi connectivity index (χ0) is 21.1. The fourth-order valence-corrected chi connectivity index (χ4v) is 3.46. The van der Waals surface area contributed by atoms with Crippen molar-refractivity contribution in [3.05, 3.63) is 65.4 Å². The van der Waals surface area contributed by atoms with Crippen molar-refractivity contribution in [2.75, 3.05) is 31.6 Å². The maximum Gasteiger partial charge on any atom is 0.269 e. The third-order valence-corrected chi connectivity index (χ3v) is 4.94. The highest BCUT2D eigenvalue weighted by Crippen LogP contribution is 2.26. The van der Waals surface area contributed by atoms with Crippen LogP contribution in [-0.2, 0) is 4.74 Å². The first-order valence-corrected chi connectivity index (χ1v) is 9.88. The quantitative estimate of drug-likeness (QED) is 0.714. The Kier molecular flexibility index (Phi) is 5.67. The Hall–Kier alpha value is -3.39. The lowest BCUT2D eigenvalue weighted by Crippen LogP contribution is -2.39. The van der Waals surface area contributed by atoms with Crippen molar-refractivity contribution in [3.8, 4) is 11.3 Å². The summed E-state index contributed by atoms with van der Waals surface area (Å²) >= 11 is 0. The van der Waals surface area contributed by atoms with Gasteiger partial charge in [-0.2, -0.15) is 0 Å². The summed E-state index contributed by atoms with van der Waals surface area (Å²) in [5.41, 5.74) is 4.75. The molecule has 0 aliphatic carbocycles. The van der Waals surface area contributed by atoms with Crippen molar-refractivity contribution in [2.24, 2.45) is 0 Å². The number of carbonyl (C=O) groups is 1. The van der Waals surface area contributed by atoms with Crippen LogP contribution in [0.25, 0.3) is 11.3 Å². The molecule has 1 aliphatic heterocycles. The summed E-state index contributed by atoms with van der Waals surface area (Å²) in [5.74, 6) is 0.513. The number of pyridine rings is 2. The molecule has 1 aliphatic rings. The van der Waals surface area contributed by atoms with Crippen LogP contribution in [0, 0.1) is 13.8 Å². The number of ether oxygens (including phenoxy) is 1. The minimum absolute atomic E-state index is 0.179. The van der Waals surface area contributed by atoms with Gasteiger partial charge in [0.15, 0.2) is 0 Å². The van der Waals surface area contributed by atoms with Gasteiger partial charge in [-0.05, 0) is 44.2 Å². The van der Waals surface area contributed by atoms with E-state index in [1.807, 2.05) is 44.2 Å². The van der Waals surface area contributed by atoms with Crippen LogP contribution in [0.2, 0.25) is 0 Å². The normalized spacial score (nSPS) is 16.4. The maximum absolute atomic E-state index is 11.7. The Morgan fingerprint density at radius 3 is 2.63 bits per heavy atom. The van der Waals surface area contributed by atoms with Gasteiger partial charge in [0.1, 0.15) is 11.8 Å². The number of carbonyl (C=O) groups excluding carboxylic acids is 1. The fourth-order valence-electron chi connectivity index (χ4n) is 3.46. The molecule has 0 spiro atoms. The third kappa shape index (κ3) is 4.28. The average molecular weight is 404 g/mol. The number of anilines is 1. The van der Waals surface area contributed by atoms with Crippen LogP contribution in [0.15, 0.2) is 42.6 Å². The van der Waals surface area contributed by atoms with E-state index in [-0.39, 0.29) is 12.0 Å². The van der Waals surface area contributed by atoms with E-state index in [9.17, 15) is 4.79 Å². The van der Waals surface area contributed by atoms with E-state index in [0.717, 1.165) is 40.8 Å². The van der Waals surface area contributed by atoms with Crippen molar-refractivity contribution in [3.63, 3.8) is 0 Å². The number of nitrogens with one attached hydrogen (secondary N) is 1. The number of morpholine rings is 1. The van der Waals surface area contributed by atoms with Crippen LogP contribution >= 0.6 is 0 Å². The van der Waals surface area contributed by atoms with E-state index >= 15 is 0 Å². The van der Waals surface area contributed by atoms with Gasteiger partial charge in [-0.25, -0.2) is 15.0 Å². The number of rotatable bonds is 4. The lowest BCUT2D eigenvalue weighted by molar-refractivity contribution is 0.0365. The smallest absolute Gasteiger partial charge is 0.269 e. The highest BCUT2D eigenvalue weighted by molar-refractivity contribution is 5.92. The van der Waals surface area contributed by atoms with E-state index < -0.39 is 0 Å². The second-order valence-corrected chi connectivity index (χ2v) is 7.22. The Balaban J connectivity index is 1.55. The molecule has 0 saturated carbocycles. The van der Waals surface area contributed by atoms with Crippen molar-refractivity contribution in [2.45, 2.75) is 20.0 Å². The first-order valence-electron chi connectivity index (χ1n) is 9.88. The van der Waals surface area contributed by atoms with Gasteiger partial charge in [0, 0.05) is 36.7 Å². The molecule has 4 heterocycles. The van der Waals surface area contributed by atoms with E-state index in [0.29, 0.717) is 18.8 Å². The first-order chi connectivity index (χ1) is 14.5. The monoisotopic (exact) mass is 404 g/mol. The highest BCUT2D eigenvalue weighted by Gasteiger charge is 2.25. The summed E-state index contributed by atoms with van der Waals surface area (Å²) in [7, 11) is 1.58. The van der Waals surface area contributed by atoms with Gasteiger partial charge in [0.25, 0.3) is 5.91 Å². The van der Waals surface area contributed by atoms with Gasteiger partial charge in [-0.15, -0.1) is 0 Å². The number of nitrogens with zero attached hydrogens (tertiary/aromatic N) is 5. The zero-order valence-electron chi connectivity index (χ0n) is 17.3. The molecule has 1 N–H and O–H groups in total. The molecule has 1 unspecified atom stereocenters. The molecule has 1 amide bonds. The second kappa shape index (κ2) is 8.54. The minimum atomic E-state index is -0.215. The highest BCUT2D eigenvalue weighted by atomic mass is 16.5. The third-order valence-electron chi connectivity index (χ3n) is 4.94. The Morgan fingerprint density at radius 2 is 1.93 bits per heavy atom. The van der Waals surface area contributed by atoms with Gasteiger partial charge >= 0.3 is 0 Å². The second-order valence-electron chi connectivity index (χ2n) is 7.22. The molecule has 1 fully saturated rings. The van der Waals surface area contributed by atoms with E-state index in [1.54, 1.807) is 19.3 Å². The predicted molar refractivity (Wildman–Crippen MR) is 113 cm³/mol. The zero-order valence-corrected chi connectivity index (χ0v) is 17.3. The molecular formula is C22H24N6O2. The topological polar surface area (TPSA) is 93.1 Å². The van der Waals surface area contributed by atoms with E-state index in [2.05, 4.69) is 25.2 Å². The van der Waals surface area contributed by atoms with Gasteiger partial charge < -0.3 is 15.0 Å². The summed E-state index contributed by atoms with van der Waals surface area (Å²) in [6, 6.07) is 11.4. The minimum Gasteiger partial charge on any atom is -0.368 e. The molecule has 0 bridgehead atoms. The van der Waals surface area contributed by atoms with Crippen LogP contribution in [0.5, 0.6) is 0 Å². The maximum atomic E-state index is 11.7. The van der Waals surface area contributed by atoms with Crippen molar-refractivity contribution >= 4 is 11.9 Å². The van der Waals surface area contributed by atoms with Crippen LogP contribution in [-0.4, -0.2) is 52.6 Å². The predicted octanol–water partition coefficient (Wildman–Crippen LogP) is 2.49. The molecule has 30 heavy (non-hydrogen) atoms. The first kappa shape index (κ1) is 19.9. The molecule has 3 aromatic rings. The summed E-state index contributed by atoms with van der Waals surface area (Å²) < 4.78 is 6.00. The SMILES string of the molecule is CNC(=O)c1ccc(-c2cccc(C3CN(c4nc(C)cc(C)n4)CCO3)n2)cn1. The van der Waals surface area contributed by atoms with Gasteiger partial charge in [0.05, 0.1) is 24.5 Å². The molecule has 3 aromatic heterocycles. The molecule has 1 saturated heterocycles. The molecule has 154 valence electrons. The molecule has 4 rings (SSSR count). The van der Waals surface area contributed by atoms with Crippen molar-refractivity contribution < 1.29 is 9.53 Å². The van der Waals surface area contributed by atoms with E-state index in [1.165, 1.54) is 0 Å². The fraction of sp³-hybridized carbons (Fsp3) is 0.318. The van der Waals surface area contributed by atoms with Crippen molar-refractivity contribution in [1.29, 1.82) is 0 Å². The number of hydrogen-bond donors (Lipinski definition) is 1. The summed E-state index contributed by atoms with van der Waals surface area (Å²) in [5, 5.41) is 2.57. The molecule has 8 nitrogen and oxygen atoms in total. The molecule has 0 radical (unpaired) electrons. The lowest BCUT2D eigenvalue weighted by Gasteiger charge is -2.33. The van der Waals surface area contributed by atoms with Crippen LogP contribution < -0.4 is 10.2 Å². The van der Waals surface area contributed by atoms with E-state index in [4.69, 9.17) is 9.72 Å². The molecule has 8 heteroatoms. The Bertz CT molecular complexity index is 1030. The van der Waals surface area contributed by atoms with Gasteiger partial charge in [-0.3, -0.25) is 9.78 Å². The molecule has 1 atom stereocenters. The molecular weight excluding hydrogens is 380 g/mol. The van der Waals surface area contributed by atoms with Crippen LogP contribution in [0.3, 0.4) is 0 Å². The summed E-state index contributed by atoms with van der Waals surface area (Å²) in [4.78, 5) is 32.0. The molecule has 0 aromatic carbocycles. The number of amides is 1. The Labute approximate surface area is 175 Å². The largest absolute Gasteiger partial charge is 0.368 e. The Morgan fingerprint density at radius 1 is 1.13 bits per heavy atom. The standard InChI is InChI=1S/C22H24N6O2/c1-14-11-15(2)26-22(25-14)28-9-10-30-20(13-28)18-6-4-5-17(27-18)16-7-8-19(24-12-16)21(29)23-3/h4-8,11-12,20H,9-10,13H2,1-3H3,(H,23,29). The van der Waals surface area contributed by atoms with Crippen LogP contribution in [0.1, 0.15) is 33.7 Å². The summed E-state index contributed by atoms with van der Waals surface area (Å²) in [6.07, 6.45) is 1.48. The van der Waals surface area contributed by atoms with Crippen molar-refractivity contribution in [1.82, 2.24) is 25.3 Å². The number of aryl methyl sites for hydroxylation is 2. The average Bonchev–Trinajstić information content (AvgIpc) is 2.78. The van der Waals surface area contributed by atoms with Gasteiger partial charge in [0.2, 0.25) is 5.95 Å². The van der Waals surface area contributed by atoms with Gasteiger partial charge in [-0.1, -0.05) is 6.07 Å². The number of aromatic nitrogens is 4. The number of hydrogen-bond acceptors (Lipinski definition) is 7. The summed E-state index contributed by atoms with van der Waals surface area (Å²) in [6.45, 7) is 5.90. The van der Waals surface area contributed by atoms with Crippen LogP contribution in [0.4, 0.5) is 5.95 Å².